The van der Waals surface area contributed by atoms with Crippen molar-refractivity contribution in [3.8, 4) is 0 Å². The quantitative estimate of drug-likeness (QED) is 0.510. The van der Waals surface area contributed by atoms with Gasteiger partial charge in [-0.25, -0.2) is 0 Å². The van der Waals surface area contributed by atoms with Crippen molar-refractivity contribution in [2.75, 3.05) is 0 Å². The second-order valence-corrected chi connectivity index (χ2v) is 14.6. The van der Waals surface area contributed by atoms with Crippen molar-refractivity contribution in [3.63, 3.8) is 0 Å². The van der Waals surface area contributed by atoms with Crippen LogP contribution in [-0.4, -0.2) is 45.7 Å². The number of rotatable bonds is 3. The Bertz CT molecular complexity index is 867. The summed E-state index contributed by atoms with van der Waals surface area (Å²) in [5.41, 5.74) is -2.27. The molecule has 9 unspecified atom stereocenters. The average molecular weight is 491 g/mol. The average Bonchev–Trinajstić information content (AvgIpc) is 2.92. The maximum atomic E-state index is 12.9. The lowest BCUT2D eigenvalue weighted by Gasteiger charge is -2.59. The lowest BCUT2D eigenvalue weighted by molar-refractivity contribution is -0.289. The number of fused-ring (bicyclic) bond motifs is 2. The van der Waals surface area contributed by atoms with Crippen molar-refractivity contribution in [2.45, 2.75) is 154 Å². The van der Waals surface area contributed by atoms with E-state index in [4.69, 9.17) is 14.2 Å². The van der Waals surface area contributed by atoms with E-state index in [0.29, 0.717) is 24.7 Å². The summed E-state index contributed by atoms with van der Waals surface area (Å²) in [6, 6.07) is 0. The van der Waals surface area contributed by atoms with E-state index in [9.17, 15) is 9.90 Å². The first-order chi connectivity index (χ1) is 16.1. The molecular weight excluding hydrogens is 440 g/mol. The first kappa shape index (κ1) is 26.1. The number of ketones is 1. The van der Waals surface area contributed by atoms with Crippen LogP contribution in [0.3, 0.4) is 0 Å². The van der Waals surface area contributed by atoms with Crippen LogP contribution in [0.25, 0.3) is 0 Å². The van der Waals surface area contributed by atoms with Crippen molar-refractivity contribution in [3.05, 3.63) is 0 Å². The molecule has 2 saturated carbocycles. The number of hydrogen-bond acceptors (Lipinski definition) is 5. The van der Waals surface area contributed by atoms with Gasteiger partial charge in [0.1, 0.15) is 5.60 Å². The molecular formula is C30H50O5. The molecule has 0 amide bonds. The molecule has 5 rings (SSSR count). The predicted molar refractivity (Wildman–Crippen MR) is 136 cm³/mol. The summed E-state index contributed by atoms with van der Waals surface area (Å²) in [4.78, 5) is 12.9. The van der Waals surface area contributed by atoms with Gasteiger partial charge in [0.05, 0.1) is 23.4 Å². The lowest BCUT2D eigenvalue weighted by Crippen LogP contribution is -2.62. The summed E-state index contributed by atoms with van der Waals surface area (Å²) in [5, 5.41) is 12.6. The Labute approximate surface area is 213 Å². The second kappa shape index (κ2) is 8.01. The molecule has 5 aliphatic rings. The molecule has 3 aliphatic heterocycles. The molecule has 5 nitrogen and oxygen atoms in total. The standard InChI is InChI=1S/C30H50O5/c1-19-13-16-30-21(10-12-23(34-30)26(5,6)35-30)27(19,7)17-18-29(32)20(2)9-11-24-28(29,8)15-14-22(31)25(3,4)33-24/h19-21,23-24,32H,9-18H2,1-8H3. The molecule has 0 aromatic rings. The highest BCUT2D eigenvalue weighted by molar-refractivity contribution is 5.86. The highest BCUT2D eigenvalue weighted by Crippen LogP contribution is 2.64. The van der Waals surface area contributed by atoms with Crippen LogP contribution in [0.5, 0.6) is 0 Å². The number of hydrogen-bond donors (Lipinski definition) is 1. The summed E-state index contributed by atoms with van der Waals surface area (Å²) in [6.45, 7) is 17.4. The zero-order chi connectivity index (χ0) is 25.7. The van der Waals surface area contributed by atoms with Crippen LogP contribution in [0.15, 0.2) is 0 Å². The van der Waals surface area contributed by atoms with Crippen molar-refractivity contribution >= 4 is 5.78 Å². The van der Waals surface area contributed by atoms with Gasteiger partial charge in [-0.05, 0) is 96.3 Å². The van der Waals surface area contributed by atoms with Gasteiger partial charge >= 0.3 is 0 Å². The fourth-order valence-corrected chi connectivity index (χ4v) is 9.10. The fourth-order valence-electron chi connectivity index (χ4n) is 9.10. The Morgan fingerprint density at radius 1 is 0.829 bits per heavy atom. The monoisotopic (exact) mass is 490 g/mol. The van der Waals surface area contributed by atoms with E-state index in [2.05, 4.69) is 41.5 Å². The number of ether oxygens (including phenoxy) is 3. The molecule has 1 N–H and O–H groups in total. The molecule has 200 valence electrons. The smallest absolute Gasteiger partial charge is 0.172 e. The minimum Gasteiger partial charge on any atom is -0.389 e. The number of Topliss-reactive ketones (excluding diaryl/α,β-unsaturated/α-hetero) is 1. The van der Waals surface area contributed by atoms with Gasteiger partial charge in [0.15, 0.2) is 11.6 Å². The van der Waals surface area contributed by atoms with Crippen molar-refractivity contribution < 1.29 is 24.1 Å². The van der Waals surface area contributed by atoms with E-state index in [-0.39, 0.29) is 34.9 Å². The first-order valence-electron chi connectivity index (χ1n) is 14.4. The SMILES string of the molecule is CC1CCC23OC(CCC2C1(C)CCC1(O)C(C)CCC2OC(C)(C)C(=O)CCC21C)C(C)(C)O3. The van der Waals surface area contributed by atoms with Gasteiger partial charge in [-0.3, -0.25) is 4.79 Å². The van der Waals surface area contributed by atoms with Crippen LogP contribution >= 0.6 is 0 Å². The second-order valence-electron chi connectivity index (χ2n) is 14.6. The molecule has 5 fully saturated rings. The zero-order valence-electron chi connectivity index (χ0n) is 23.5. The van der Waals surface area contributed by atoms with Gasteiger partial charge < -0.3 is 19.3 Å². The van der Waals surface area contributed by atoms with Gasteiger partial charge in [0.2, 0.25) is 0 Å². The summed E-state index contributed by atoms with van der Waals surface area (Å²) < 4.78 is 20.0. The van der Waals surface area contributed by atoms with E-state index < -0.39 is 22.4 Å². The Kier molecular flexibility index (Phi) is 5.98. The van der Waals surface area contributed by atoms with Crippen molar-refractivity contribution in [1.82, 2.24) is 0 Å². The molecule has 0 aromatic carbocycles. The number of carbonyl (C=O) groups excluding carboxylic acids is 1. The summed E-state index contributed by atoms with van der Waals surface area (Å²) in [6.07, 6.45) is 9.04. The van der Waals surface area contributed by atoms with Crippen LogP contribution in [0, 0.1) is 28.6 Å². The van der Waals surface area contributed by atoms with Gasteiger partial charge in [0, 0.05) is 24.2 Å². The molecule has 3 heterocycles. The molecule has 0 radical (unpaired) electrons. The Morgan fingerprint density at radius 2 is 1.51 bits per heavy atom. The minimum absolute atomic E-state index is 0.0308. The van der Waals surface area contributed by atoms with Gasteiger partial charge in [0.25, 0.3) is 0 Å². The van der Waals surface area contributed by atoms with Gasteiger partial charge in [-0.2, -0.15) is 0 Å². The van der Waals surface area contributed by atoms with Crippen molar-refractivity contribution in [2.24, 2.45) is 28.6 Å². The molecule has 3 saturated heterocycles. The third-order valence-electron chi connectivity index (χ3n) is 12.1. The molecule has 9 atom stereocenters. The van der Waals surface area contributed by atoms with Crippen LogP contribution in [0.1, 0.15) is 120 Å². The topological polar surface area (TPSA) is 65.0 Å². The molecule has 2 aliphatic carbocycles. The molecule has 0 aromatic heterocycles. The minimum atomic E-state index is -0.863. The van der Waals surface area contributed by atoms with Gasteiger partial charge in [-0.1, -0.05) is 27.7 Å². The van der Waals surface area contributed by atoms with E-state index in [0.717, 1.165) is 51.4 Å². The third-order valence-corrected chi connectivity index (χ3v) is 12.1. The largest absolute Gasteiger partial charge is 0.389 e. The maximum Gasteiger partial charge on any atom is 0.172 e. The molecule has 5 heteroatoms. The van der Waals surface area contributed by atoms with E-state index >= 15 is 0 Å². The third kappa shape index (κ3) is 3.65. The first-order valence-corrected chi connectivity index (χ1v) is 14.4. The van der Waals surface area contributed by atoms with Crippen LogP contribution < -0.4 is 0 Å². The Balaban J connectivity index is 1.43. The Morgan fingerprint density at radius 3 is 2.23 bits per heavy atom. The lowest BCUT2D eigenvalue weighted by atomic mass is 9.51. The van der Waals surface area contributed by atoms with Gasteiger partial charge in [-0.15, -0.1) is 0 Å². The number of carbonyl (C=O) groups is 1. The predicted octanol–water partition coefficient (Wildman–Crippen LogP) is 6.20. The molecule has 1 spiro atoms. The summed E-state index contributed by atoms with van der Waals surface area (Å²) >= 11 is 0. The highest BCUT2D eigenvalue weighted by atomic mass is 16.8. The van der Waals surface area contributed by atoms with E-state index in [1.807, 2.05) is 13.8 Å². The summed E-state index contributed by atoms with van der Waals surface area (Å²) in [7, 11) is 0. The maximum absolute atomic E-state index is 12.9. The van der Waals surface area contributed by atoms with Crippen molar-refractivity contribution in [1.29, 1.82) is 0 Å². The summed E-state index contributed by atoms with van der Waals surface area (Å²) in [5.74, 6) is 0.751. The number of aliphatic hydroxyl groups is 1. The molecule has 35 heavy (non-hydrogen) atoms. The van der Waals surface area contributed by atoms with E-state index in [1.54, 1.807) is 0 Å². The molecule has 2 bridgehead atoms. The van der Waals surface area contributed by atoms with E-state index in [1.165, 1.54) is 0 Å². The Hall–Kier alpha value is -0.490. The highest BCUT2D eigenvalue weighted by Gasteiger charge is 2.66. The van der Waals surface area contributed by atoms with Crippen LogP contribution in [-0.2, 0) is 19.0 Å². The van der Waals surface area contributed by atoms with Crippen LogP contribution in [0.2, 0.25) is 0 Å². The van der Waals surface area contributed by atoms with Crippen LogP contribution in [0.4, 0.5) is 0 Å². The zero-order valence-corrected chi connectivity index (χ0v) is 23.5. The normalized spacial score (nSPS) is 52.9. The fraction of sp³-hybridized carbons (Fsp3) is 0.967.